The van der Waals surface area contributed by atoms with E-state index in [0.717, 1.165) is 12.5 Å². The number of rotatable bonds is 23. The first-order valence-electron chi connectivity index (χ1n) is 13.6. The molecular weight excluding hydrogens is 436 g/mol. The predicted octanol–water partition coefficient (Wildman–Crippen LogP) is 9.40. The van der Waals surface area contributed by atoms with Crippen molar-refractivity contribution in [1.82, 2.24) is 0 Å². The molecule has 0 amide bonds. The number of hydrogen-bond acceptors (Lipinski definition) is 3. The molecule has 0 aliphatic carbocycles. The molecule has 0 bridgehead atoms. The molecule has 0 saturated carbocycles. The fraction of sp³-hybridized carbons (Fsp3) is 1.00. The maximum absolute atomic E-state index is 6.99. The van der Waals surface area contributed by atoms with Gasteiger partial charge in [0.25, 0.3) is 0 Å². The molecule has 3 unspecified atom stereocenters. The molecule has 0 radical (unpaired) electrons. The minimum absolute atomic E-state index is 0.189. The molecule has 0 N–H and O–H groups in total. The molecule has 194 valence electrons. The summed E-state index contributed by atoms with van der Waals surface area (Å²) in [5, 5.41) is 0. The predicted molar refractivity (Wildman–Crippen MR) is 144 cm³/mol. The first-order chi connectivity index (χ1) is 15.3. The van der Waals surface area contributed by atoms with Crippen molar-refractivity contribution in [3.8, 4) is 0 Å². The highest BCUT2D eigenvalue weighted by Gasteiger charge is 2.41. The summed E-state index contributed by atoms with van der Waals surface area (Å²) < 4.78 is 16.8. The average Bonchev–Trinajstić information content (AvgIpc) is 2.77. The molecule has 32 heavy (non-hydrogen) atoms. The Bertz CT molecular complexity index is 407. The Hall–Kier alpha value is 0.387. The molecule has 0 heterocycles. The number of unbranched alkanes of at least 4 members (excludes halogenated alkanes) is 13. The van der Waals surface area contributed by atoms with Gasteiger partial charge in [-0.05, 0) is 31.6 Å². The lowest BCUT2D eigenvalue weighted by atomic mass is 9.84. The number of hydrogen-bond donors (Lipinski definition) is 0. The molecule has 0 fully saturated rings. The third-order valence-electron chi connectivity index (χ3n) is 7.30. The van der Waals surface area contributed by atoms with Crippen LogP contribution in [-0.4, -0.2) is 35.0 Å². The zero-order valence-electron chi connectivity index (χ0n) is 22.8. The van der Waals surface area contributed by atoms with Gasteiger partial charge < -0.3 is 13.3 Å². The van der Waals surface area contributed by atoms with Crippen molar-refractivity contribution >= 4 is 20.4 Å². The molecule has 3 atom stereocenters. The first kappa shape index (κ1) is 32.4. The van der Waals surface area contributed by atoms with E-state index in [1.807, 2.05) is 0 Å². The Morgan fingerprint density at radius 3 is 1.44 bits per heavy atom. The molecule has 3 nitrogen and oxygen atoms in total. The van der Waals surface area contributed by atoms with E-state index < -0.39 is 8.80 Å². The Kier molecular flexibility index (Phi) is 19.9. The monoisotopic (exact) mass is 492 g/mol. The summed E-state index contributed by atoms with van der Waals surface area (Å²) in [7, 11) is 2.52. The van der Waals surface area contributed by atoms with Gasteiger partial charge in [-0.2, -0.15) is 0 Å². The number of alkyl halides is 1. The van der Waals surface area contributed by atoms with Crippen molar-refractivity contribution in [3.63, 3.8) is 0 Å². The lowest BCUT2D eigenvalue weighted by Gasteiger charge is -2.34. The molecule has 0 aromatic carbocycles. The van der Waals surface area contributed by atoms with Crippen molar-refractivity contribution < 1.29 is 13.3 Å². The lowest BCUT2D eigenvalue weighted by Crippen LogP contribution is -2.45. The van der Waals surface area contributed by atoms with Crippen LogP contribution in [0.5, 0.6) is 0 Å². The summed E-state index contributed by atoms with van der Waals surface area (Å²) in [5.74, 6) is 0.912. The van der Waals surface area contributed by atoms with Crippen LogP contribution in [0.3, 0.4) is 0 Å². The topological polar surface area (TPSA) is 27.7 Å². The van der Waals surface area contributed by atoms with Gasteiger partial charge in [0.1, 0.15) is 0 Å². The second kappa shape index (κ2) is 19.7. The van der Waals surface area contributed by atoms with E-state index in [4.69, 9.17) is 24.9 Å². The van der Waals surface area contributed by atoms with Crippen LogP contribution in [0.2, 0.25) is 6.04 Å². The molecule has 0 aromatic rings. The van der Waals surface area contributed by atoms with E-state index in [1.54, 1.807) is 21.3 Å². The summed E-state index contributed by atoms with van der Waals surface area (Å²) >= 11 is 6.99. The molecule has 0 saturated heterocycles. The minimum atomic E-state index is -2.54. The van der Waals surface area contributed by atoms with Gasteiger partial charge in [-0.1, -0.05) is 111 Å². The van der Waals surface area contributed by atoms with Crippen LogP contribution in [-0.2, 0) is 13.3 Å². The molecule has 0 aromatic heterocycles. The van der Waals surface area contributed by atoms with E-state index in [2.05, 4.69) is 27.7 Å². The normalized spacial score (nSPS) is 16.1. The summed E-state index contributed by atoms with van der Waals surface area (Å²) in [5.41, 5.74) is 0. The Morgan fingerprint density at radius 1 is 0.688 bits per heavy atom. The molecule has 0 aliphatic rings. The van der Waals surface area contributed by atoms with Crippen LogP contribution in [0, 0.1) is 11.8 Å². The van der Waals surface area contributed by atoms with Gasteiger partial charge in [-0.3, -0.25) is 0 Å². The van der Waals surface area contributed by atoms with Crippen LogP contribution < -0.4 is 0 Å². The van der Waals surface area contributed by atoms with E-state index in [9.17, 15) is 0 Å². The molecule has 0 spiro atoms. The summed E-state index contributed by atoms with van der Waals surface area (Å²) in [6.45, 7) is 9.04. The van der Waals surface area contributed by atoms with Gasteiger partial charge >= 0.3 is 8.80 Å². The largest absolute Gasteiger partial charge is 0.500 e. The van der Waals surface area contributed by atoms with Gasteiger partial charge in [0.05, 0.1) is 0 Å². The van der Waals surface area contributed by atoms with Gasteiger partial charge in [0.2, 0.25) is 0 Å². The van der Waals surface area contributed by atoms with Crippen LogP contribution >= 0.6 is 11.6 Å². The zero-order chi connectivity index (χ0) is 24.3. The van der Waals surface area contributed by atoms with Gasteiger partial charge in [0.15, 0.2) is 0 Å². The SMILES string of the molecule is CCCCCCCCCCCCCCCCC(C)C(C)(Cl)CC(C)C[Si](OC)(OC)OC. The fourth-order valence-corrected chi connectivity index (χ4v) is 7.20. The first-order valence-corrected chi connectivity index (χ1v) is 15.9. The van der Waals surface area contributed by atoms with Crippen LogP contribution in [0.25, 0.3) is 0 Å². The van der Waals surface area contributed by atoms with Crippen LogP contribution in [0.15, 0.2) is 0 Å². The Labute approximate surface area is 208 Å². The summed E-state index contributed by atoms with van der Waals surface area (Å²) in [6.07, 6.45) is 21.9. The average molecular weight is 493 g/mol. The van der Waals surface area contributed by atoms with E-state index in [-0.39, 0.29) is 4.87 Å². The van der Waals surface area contributed by atoms with E-state index in [1.165, 1.54) is 96.3 Å². The Balaban J connectivity index is 3.82. The standard InChI is InChI=1S/C27H57ClO3Si/c1-8-9-10-11-12-13-14-15-16-17-18-19-20-21-22-26(3)27(4,28)23-25(2)24-32(29-5,30-6)31-7/h25-26H,8-24H2,1-7H3. The minimum Gasteiger partial charge on any atom is -0.377 e. The van der Waals surface area contributed by atoms with Gasteiger partial charge in [-0.15, -0.1) is 11.6 Å². The number of halogens is 1. The maximum Gasteiger partial charge on any atom is 0.500 e. The van der Waals surface area contributed by atoms with Crippen molar-refractivity contribution in [3.05, 3.63) is 0 Å². The van der Waals surface area contributed by atoms with Crippen LogP contribution in [0.1, 0.15) is 130 Å². The second-order valence-electron chi connectivity index (χ2n) is 10.4. The Morgan fingerprint density at radius 2 is 1.06 bits per heavy atom. The smallest absolute Gasteiger partial charge is 0.377 e. The molecule has 5 heteroatoms. The van der Waals surface area contributed by atoms with E-state index >= 15 is 0 Å². The third-order valence-corrected chi connectivity index (χ3v) is 10.9. The van der Waals surface area contributed by atoms with Crippen molar-refractivity contribution in [1.29, 1.82) is 0 Å². The second-order valence-corrected chi connectivity index (χ2v) is 14.2. The zero-order valence-corrected chi connectivity index (χ0v) is 24.5. The van der Waals surface area contributed by atoms with Crippen molar-refractivity contribution in [2.75, 3.05) is 21.3 Å². The highest BCUT2D eigenvalue weighted by Crippen LogP contribution is 2.37. The lowest BCUT2D eigenvalue weighted by molar-refractivity contribution is 0.117. The highest BCUT2D eigenvalue weighted by molar-refractivity contribution is 6.60. The van der Waals surface area contributed by atoms with E-state index in [0.29, 0.717) is 11.8 Å². The molecule has 0 rings (SSSR count). The fourth-order valence-electron chi connectivity index (χ4n) is 4.83. The summed E-state index contributed by atoms with van der Waals surface area (Å²) in [4.78, 5) is -0.189. The molecular formula is C27H57ClO3Si. The van der Waals surface area contributed by atoms with Gasteiger partial charge in [-0.25, -0.2) is 0 Å². The molecule has 0 aliphatic heterocycles. The van der Waals surface area contributed by atoms with Gasteiger partial charge in [0, 0.05) is 32.2 Å². The summed E-state index contributed by atoms with van der Waals surface area (Å²) in [6, 6.07) is 0.810. The van der Waals surface area contributed by atoms with Crippen LogP contribution in [0.4, 0.5) is 0 Å². The maximum atomic E-state index is 6.99. The van der Waals surface area contributed by atoms with Crippen molar-refractivity contribution in [2.45, 2.75) is 141 Å². The van der Waals surface area contributed by atoms with Crippen molar-refractivity contribution in [2.24, 2.45) is 11.8 Å². The third kappa shape index (κ3) is 15.3. The quantitative estimate of drug-likeness (QED) is 0.0806. The highest BCUT2D eigenvalue weighted by atomic mass is 35.5.